The van der Waals surface area contributed by atoms with Gasteiger partial charge in [-0.25, -0.2) is 4.99 Å². The van der Waals surface area contributed by atoms with E-state index in [1.165, 1.54) is 17.3 Å². The van der Waals surface area contributed by atoms with Crippen LogP contribution >= 0.6 is 23.5 Å². The molecule has 6 heteroatoms. The van der Waals surface area contributed by atoms with Gasteiger partial charge in [0.2, 0.25) is 5.12 Å². The van der Waals surface area contributed by atoms with Crippen molar-refractivity contribution in [1.29, 1.82) is 0 Å². The molecule has 4 nitrogen and oxygen atoms in total. The molecule has 31 heavy (non-hydrogen) atoms. The number of ether oxygens (including phenoxy) is 2. The predicted octanol–water partition coefficient (Wildman–Crippen LogP) is 6.18. The van der Waals surface area contributed by atoms with Gasteiger partial charge in [-0.05, 0) is 35.0 Å². The minimum absolute atomic E-state index is 0.0626. The van der Waals surface area contributed by atoms with Crippen LogP contribution in [-0.2, 0) is 17.2 Å². The first-order valence-corrected chi connectivity index (χ1v) is 11.6. The number of hydrogen-bond donors (Lipinski definition) is 0. The molecule has 0 amide bonds. The normalized spacial score (nSPS) is 14.5. The molecule has 0 fully saturated rings. The molecule has 0 aromatic heterocycles. The molecule has 0 radical (unpaired) electrons. The van der Waals surface area contributed by atoms with Gasteiger partial charge in [-0.15, -0.1) is 0 Å². The molecule has 0 spiro atoms. The van der Waals surface area contributed by atoms with Crippen molar-refractivity contribution >= 4 is 39.1 Å². The molecule has 0 aliphatic carbocycles. The topological polar surface area (TPSA) is 47.9 Å². The van der Waals surface area contributed by atoms with Crippen molar-refractivity contribution in [2.75, 3.05) is 7.11 Å². The molecule has 0 bridgehead atoms. The molecular weight excluding hydrogens is 426 g/mol. The summed E-state index contributed by atoms with van der Waals surface area (Å²) < 4.78 is 12.3. The summed E-state index contributed by atoms with van der Waals surface area (Å²) >= 11 is 2.74. The zero-order valence-corrected chi connectivity index (χ0v) is 18.6. The number of carbonyl (C=O) groups is 1. The van der Waals surface area contributed by atoms with E-state index in [4.69, 9.17) is 9.47 Å². The monoisotopic (exact) mass is 447 g/mol. The van der Waals surface area contributed by atoms with Gasteiger partial charge in [0.1, 0.15) is 16.7 Å². The Bertz CT molecular complexity index is 1110. The first kappa shape index (κ1) is 21.3. The summed E-state index contributed by atoms with van der Waals surface area (Å²) in [4.78, 5) is 17.1. The lowest BCUT2D eigenvalue weighted by Gasteiger charge is -2.13. The lowest BCUT2D eigenvalue weighted by atomic mass is 10.1. The highest BCUT2D eigenvalue weighted by Crippen LogP contribution is 2.37. The maximum absolute atomic E-state index is 12.5. The third-order valence-electron chi connectivity index (χ3n) is 4.55. The molecular formula is C25H21NO3S2. The third-order valence-corrected chi connectivity index (χ3v) is 6.63. The van der Waals surface area contributed by atoms with Gasteiger partial charge in [-0.2, -0.15) is 0 Å². The number of nitrogens with zero attached hydrogens (tertiary/aromatic N) is 1. The number of hydrogen-bond acceptors (Lipinski definition) is 6. The van der Waals surface area contributed by atoms with Crippen molar-refractivity contribution in [1.82, 2.24) is 0 Å². The van der Waals surface area contributed by atoms with Gasteiger partial charge in [0.05, 0.1) is 7.11 Å². The summed E-state index contributed by atoms with van der Waals surface area (Å²) in [5.74, 6) is 1.99. The SMILES string of the molecule is COc1cccc(/C=C2\N=C(SCc3ccccc3)SC2=O)c1OCc1ccccc1. The van der Waals surface area contributed by atoms with E-state index in [0.717, 1.165) is 21.3 Å². The van der Waals surface area contributed by atoms with Gasteiger partial charge < -0.3 is 9.47 Å². The van der Waals surface area contributed by atoms with Gasteiger partial charge in [0, 0.05) is 11.3 Å². The standard InChI is InChI=1S/C25H21NO3S2/c1-28-22-14-8-13-20(23(22)29-16-18-9-4-2-5-10-18)15-21-24(27)31-25(26-21)30-17-19-11-6-3-7-12-19/h2-15H,16-17H2,1H3/b21-15-. The summed E-state index contributed by atoms with van der Waals surface area (Å²) in [7, 11) is 1.61. The van der Waals surface area contributed by atoms with Gasteiger partial charge >= 0.3 is 0 Å². The van der Waals surface area contributed by atoms with Gasteiger partial charge in [0.25, 0.3) is 0 Å². The van der Waals surface area contributed by atoms with E-state index < -0.39 is 0 Å². The Kier molecular flexibility index (Phi) is 7.12. The molecule has 3 aromatic carbocycles. The molecule has 1 aliphatic heterocycles. The molecule has 3 aromatic rings. The van der Waals surface area contributed by atoms with Crippen molar-refractivity contribution in [2.24, 2.45) is 4.99 Å². The average Bonchev–Trinajstić information content (AvgIpc) is 3.17. The molecule has 156 valence electrons. The molecule has 4 rings (SSSR count). The Morgan fingerprint density at radius 2 is 1.65 bits per heavy atom. The van der Waals surface area contributed by atoms with Crippen LogP contribution in [0.5, 0.6) is 11.5 Å². The zero-order valence-electron chi connectivity index (χ0n) is 17.0. The highest BCUT2D eigenvalue weighted by Gasteiger charge is 2.23. The van der Waals surface area contributed by atoms with Crippen molar-refractivity contribution in [3.8, 4) is 11.5 Å². The Labute approximate surface area is 190 Å². The summed E-state index contributed by atoms with van der Waals surface area (Å²) in [6.45, 7) is 0.404. The second-order valence-corrected chi connectivity index (χ2v) is 8.91. The van der Waals surface area contributed by atoms with Crippen LogP contribution in [0.1, 0.15) is 16.7 Å². The Balaban J connectivity index is 1.54. The van der Waals surface area contributed by atoms with E-state index >= 15 is 0 Å². The number of methoxy groups -OCH3 is 1. The van der Waals surface area contributed by atoms with Crippen LogP contribution < -0.4 is 9.47 Å². The highest BCUT2D eigenvalue weighted by atomic mass is 32.2. The number of thioether (sulfide) groups is 2. The van der Waals surface area contributed by atoms with Gasteiger partial charge in [-0.3, -0.25) is 4.79 Å². The molecule has 0 saturated carbocycles. The molecule has 0 N–H and O–H groups in total. The second-order valence-electron chi connectivity index (χ2n) is 6.72. The quantitative estimate of drug-likeness (QED) is 0.405. The molecule has 0 unspecified atom stereocenters. The van der Waals surface area contributed by atoms with Crippen molar-refractivity contribution in [2.45, 2.75) is 12.4 Å². The molecule has 0 saturated heterocycles. The van der Waals surface area contributed by atoms with Crippen LogP contribution in [0.25, 0.3) is 6.08 Å². The summed E-state index contributed by atoms with van der Waals surface area (Å²) in [6.07, 6.45) is 1.77. The largest absolute Gasteiger partial charge is 0.493 e. The second kappa shape index (κ2) is 10.4. The average molecular weight is 448 g/mol. The van der Waals surface area contributed by atoms with Crippen LogP contribution in [0, 0.1) is 0 Å². The highest BCUT2D eigenvalue weighted by molar-refractivity contribution is 8.45. The first-order valence-electron chi connectivity index (χ1n) is 9.76. The fourth-order valence-electron chi connectivity index (χ4n) is 3.01. The van der Waals surface area contributed by atoms with Gasteiger partial charge in [-0.1, -0.05) is 84.6 Å². The maximum Gasteiger partial charge on any atom is 0.244 e. The minimum atomic E-state index is -0.0626. The third kappa shape index (κ3) is 5.60. The fourth-order valence-corrected chi connectivity index (χ4v) is 4.81. The van der Waals surface area contributed by atoms with E-state index in [0.29, 0.717) is 23.8 Å². The zero-order chi connectivity index (χ0) is 21.5. The number of para-hydroxylation sites is 1. The lowest BCUT2D eigenvalue weighted by molar-refractivity contribution is -0.107. The van der Waals surface area contributed by atoms with Crippen LogP contribution in [0.3, 0.4) is 0 Å². The van der Waals surface area contributed by atoms with Gasteiger partial charge in [0.15, 0.2) is 11.5 Å². The molecule has 1 heterocycles. The van der Waals surface area contributed by atoms with Crippen LogP contribution in [-0.4, -0.2) is 16.6 Å². The van der Waals surface area contributed by atoms with E-state index in [-0.39, 0.29) is 5.12 Å². The van der Waals surface area contributed by atoms with E-state index in [9.17, 15) is 4.79 Å². The van der Waals surface area contributed by atoms with Crippen LogP contribution in [0.15, 0.2) is 89.6 Å². The van der Waals surface area contributed by atoms with E-state index in [1.54, 1.807) is 24.9 Å². The Morgan fingerprint density at radius 3 is 2.35 bits per heavy atom. The molecule has 1 aliphatic rings. The summed E-state index contributed by atoms with van der Waals surface area (Å²) in [5, 5.41) is -0.0626. The maximum atomic E-state index is 12.5. The summed E-state index contributed by atoms with van der Waals surface area (Å²) in [6, 6.07) is 25.7. The lowest BCUT2D eigenvalue weighted by Crippen LogP contribution is -2.00. The smallest absolute Gasteiger partial charge is 0.244 e. The first-order chi connectivity index (χ1) is 15.2. The van der Waals surface area contributed by atoms with Crippen LogP contribution in [0.2, 0.25) is 0 Å². The number of aliphatic imine (C=N–C) groups is 1. The van der Waals surface area contributed by atoms with Crippen molar-refractivity contribution in [3.05, 3.63) is 101 Å². The fraction of sp³-hybridized carbons (Fsp3) is 0.120. The summed E-state index contributed by atoms with van der Waals surface area (Å²) in [5.41, 5.74) is 3.43. The van der Waals surface area contributed by atoms with Crippen LogP contribution in [0.4, 0.5) is 0 Å². The number of rotatable bonds is 7. The number of carbonyl (C=O) groups excluding carboxylic acids is 1. The number of benzene rings is 3. The minimum Gasteiger partial charge on any atom is -0.493 e. The van der Waals surface area contributed by atoms with E-state index in [1.807, 2.05) is 66.7 Å². The Hall–Kier alpha value is -2.96. The van der Waals surface area contributed by atoms with Crippen molar-refractivity contribution in [3.63, 3.8) is 0 Å². The van der Waals surface area contributed by atoms with E-state index in [2.05, 4.69) is 17.1 Å². The molecule has 0 atom stereocenters. The predicted molar refractivity (Wildman–Crippen MR) is 130 cm³/mol. The Morgan fingerprint density at radius 1 is 0.935 bits per heavy atom. The van der Waals surface area contributed by atoms with Crippen molar-refractivity contribution < 1.29 is 14.3 Å².